The van der Waals surface area contributed by atoms with E-state index in [1.165, 1.54) is 49.8 Å². The quantitative estimate of drug-likeness (QED) is 0.360. The Morgan fingerprint density at radius 3 is 2.37 bits per heavy atom. The highest BCUT2D eigenvalue weighted by Gasteiger charge is 2.18. The zero-order valence-corrected chi connectivity index (χ0v) is 15.9. The first-order chi connectivity index (χ1) is 13.3. The molecule has 1 heterocycles. The number of rotatable bonds is 2. The van der Waals surface area contributed by atoms with E-state index < -0.39 is 0 Å². The zero-order chi connectivity index (χ0) is 18.4. The lowest BCUT2D eigenvalue weighted by molar-refractivity contribution is 1.03. The second kappa shape index (κ2) is 6.28. The summed E-state index contributed by atoms with van der Waals surface area (Å²) >= 11 is 0. The number of para-hydroxylation sites is 2. The van der Waals surface area contributed by atoms with Crippen molar-refractivity contribution in [2.24, 2.45) is 0 Å². The predicted octanol–water partition coefficient (Wildman–Crippen LogP) is 7.22. The number of allylic oxidation sites excluding steroid dienone is 4. The lowest BCUT2D eigenvalue weighted by Gasteiger charge is -2.17. The maximum Gasteiger partial charge on any atom is 0.0544 e. The molecule has 4 aromatic rings. The molecule has 0 aliphatic heterocycles. The third-order valence-corrected chi connectivity index (χ3v) is 5.84. The first kappa shape index (κ1) is 16.1. The number of fused-ring (bicyclic) bond motifs is 3. The fraction of sp³-hybridized carbons (Fsp3) is 0.154. The van der Waals surface area contributed by atoms with Gasteiger partial charge in [-0.25, -0.2) is 0 Å². The fourth-order valence-corrected chi connectivity index (χ4v) is 4.55. The molecule has 0 saturated heterocycles. The van der Waals surface area contributed by atoms with E-state index in [-0.39, 0.29) is 0 Å². The van der Waals surface area contributed by atoms with Gasteiger partial charge in [-0.05, 0) is 73.2 Å². The summed E-state index contributed by atoms with van der Waals surface area (Å²) in [6, 6.07) is 24.1. The van der Waals surface area contributed by atoms with Gasteiger partial charge in [0.2, 0.25) is 0 Å². The van der Waals surface area contributed by atoms with Crippen molar-refractivity contribution in [3.8, 4) is 5.69 Å². The van der Waals surface area contributed by atoms with Crippen molar-refractivity contribution in [2.75, 3.05) is 0 Å². The van der Waals surface area contributed by atoms with Gasteiger partial charge in [-0.1, -0.05) is 54.6 Å². The summed E-state index contributed by atoms with van der Waals surface area (Å²) in [6.07, 6.45) is 6.83. The van der Waals surface area contributed by atoms with E-state index in [0.717, 1.165) is 12.8 Å². The zero-order valence-electron chi connectivity index (χ0n) is 15.9. The molecule has 1 aromatic heterocycles. The largest absolute Gasteiger partial charge is 0.309 e. The molecule has 3 aromatic carbocycles. The van der Waals surface area contributed by atoms with Gasteiger partial charge in [0, 0.05) is 16.5 Å². The van der Waals surface area contributed by atoms with Crippen LogP contribution in [0.4, 0.5) is 0 Å². The van der Waals surface area contributed by atoms with Crippen molar-refractivity contribution in [2.45, 2.75) is 26.7 Å². The number of hydrogen-bond acceptors (Lipinski definition) is 0. The van der Waals surface area contributed by atoms with Crippen molar-refractivity contribution < 1.29 is 0 Å². The first-order valence-corrected chi connectivity index (χ1v) is 9.70. The van der Waals surface area contributed by atoms with E-state index in [1.54, 1.807) is 0 Å². The van der Waals surface area contributed by atoms with Gasteiger partial charge < -0.3 is 4.57 Å². The van der Waals surface area contributed by atoms with Crippen LogP contribution < -0.4 is 0 Å². The molecule has 0 amide bonds. The minimum atomic E-state index is 1.13. The van der Waals surface area contributed by atoms with Crippen LogP contribution in [0.25, 0.3) is 33.1 Å². The van der Waals surface area contributed by atoms with Crippen LogP contribution in [-0.4, -0.2) is 4.57 Å². The van der Waals surface area contributed by atoms with Gasteiger partial charge >= 0.3 is 0 Å². The highest BCUT2D eigenvalue weighted by molar-refractivity contribution is 6.12. The van der Waals surface area contributed by atoms with Crippen molar-refractivity contribution in [1.29, 1.82) is 0 Å². The highest BCUT2D eigenvalue weighted by atomic mass is 15.0. The SMILES string of the molecule is CC1=C(c2ccc3c(c2C)c2ccccc2n3-c2ccccc2)CCC=C1. The second-order valence-corrected chi connectivity index (χ2v) is 7.42. The molecule has 0 spiro atoms. The molecule has 0 N–H and O–H groups in total. The Balaban J connectivity index is 1.89. The summed E-state index contributed by atoms with van der Waals surface area (Å²) in [4.78, 5) is 0. The summed E-state index contributed by atoms with van der Waals surface area (Å²) in [5.41, 5.74) is 9.46. The van der Waals surface area contributed by atoms with Crippen LogP contribution in [0.1, 0.15) is 30.9 Å². The van der Waals surface area contributed by atoms with Gasteiger partial charge in [0.1, 0.15) is 0 Å². The monoisotopic (exact) mass is 349 g/mol. The van der Waals surface area contributed by atoms with E-state index in [4.69, 9.17) is 0 Å². The third kappa shape index (κ3) is 2.46. The van der Waals surface area contributed by atoms with E-state index >= 15 is 0 Å². The first-order valence-electron chi connectivity index (χ1n) is 9.70. The van der Waals surface area contributed by atoms with Crippen LogP contribution in [0.5, 0.6) is 0 Å². The van der Waals surface area contributed by atoms with Crippen LogP contribution in [0.15, 0.2) is 84.5 Å². The molecular formula is C26H23N. The third-order valence-electron chi connectivity index (χ3n) is 5.84. The fourth-order valence-electron chi connectivity index (χ4n) is 4.55. The van der Waals surface area contributed by atoms with Gasteiger partial charge in [-0.3, -0.25) is 0 Å². The average molecular weight is 349 g/mol. The Morgan fingerprint density at radius 1 is 0.778 bits per heavy atom. The molecule has 0 fully saturated rings. The number of aromatic nitrogens is 1. The van der Waals surface area contributed by atoms with Gasteiger partial charge in [-0.15, -0.1) is 0 Å². The van der Waals surface area contributed by atoms with Gasteiger partial charge in [-0.2, -0.15) is 0 Å². The molecule has 0 saturated carbocycles. The van der Waals surface area contributed by atoms with Gasteiger partial charge in [0.15, 0.2) is 0 Å². The van der Waals surface area contributed by atoms with Crippen LogP contribution in [0.2, 0.25) is 0 Å². The lowest BCUT2D eigenvalue weighted by atomic mass is 9.88. The average Bonchev–Trinajstić information content (AvgIpc) is 3.05. The van der Waals surface area contributed by atoms with Gasteiger partial charge in [0.05, 0.1) is 11.0 Å². The molecule has 1 heteroatoms. The normalized spacial score (nSPS) is 14.4. The van der Waals surface area contributed by atoms with Crippen LogP contribution in [0, 0.1) is 6.92 Å². The molecule has 5 rings (SSSR count). The number of aryl methyl sites for hydroxylation is 1. The predicted molar refractivity (Wildman–Crippen MR) is 116 cm³/mol. The van der Waals surface area contributed by atoms with Crippen molar-refractivity contribution in [1.82, 2.24) is 4.57 Å². The molecule has 0 radical (unpaired) electrons. The summed E-state index contributed by atoms with van der Waals surface area (Å²) in [5.74, 6) is 0. The van der Waals surface area contributed by atoms with Crippen LogP contribution in [0.3, 0.4) is 0 Å². The molecule has 0 unspecified atom stereocenters. The molecule has 1 aliphatic carbocycles. The number of nitrogens with zero attached hydrogens (tertiary/aromatic N) is 1. The Labute approximate surface area is 160 Å². The second-order valence-electron chi connectivity index (χ2n) is 7.42. The Hall–Kier alpha value is -3.06. The number of benzene rings is 3. The standard InChI is InChI=1S/C26H23N/c1-18-10-6-7-13-21(18)22-16-17-25-26(19(22)2)23-14-8-9-15-24(23)27(25)20-11-4-3-5-12-20/h3-6,8-12,14-17H,7,13H2,1-2H3. The minimum absolute atomic E-state index is 1.13. The van der Waals surface area contributed by atoms with Crippen molar-refractivity contribution in [3.05, 3.63) is 95.6 Å². The summed E-state index contributed by atoms with van der Waals surface area (Å²) in [5, 5.41) is 2.71. The Kier molecular flexibility index (Phi) is 3.75. The topological polar surface area (TPSA) is 4.93 Å². The van der Waals surface area contributed by atoms with E-state index in [1.807, 2.05) is 0 Å². The van der Waals surface area contributed by atoms with Crippen molar-refractivity contribution in [3.63, 3.8) is 0 Å². The highest BCUT2D eigenvalue weighted by Crippen LogP contribution is 2.39. The van der Waals surface area contributed by atoms with E-state index in [0.29, 0.717) is 0 Å². The molecule has 1 nitrogen and oxygen atoms in total. The minimum Gasteiger partial charge on any atom is -0.309 e. The maximum atomic E-state index is 2.39. The number of hydrogen-bond donors (Lipinski definition) is 0. The molecule has 1 aliphatic rings. The maximum absolute atomic E-state index is 2.39. The van der Waals surface area contributed by atoms with Gasteiger partial charge in [0.25, 0.3) is 0 Å². The Morgan fingerprint density at radius 2 is 1.56 bits per heavy atom. The summed E-state index contributed by atoms with van der Waals surface area (Å²) < 4.78 is 2.39. The molecule has 0 atom stereocenters. The summed E-state index contributed by atoms with van der Waals surface area (Å²) in [6.45, 7) is 4.53. The lowest BCUT2D eigenvalue weighted by Crippen LogP contribution is -1.97. The smallest absolute Gasteiger partial charge is 0.0544 e. The molecule has 132 valence electrons. The summed E-state index contributed by atoms with van der Waals surface area (Å²) in [7, 11) is 0. The molecule has 0 bridgehead atoms. The van der Waals surface area contributed by atoms with Crippen LogP contribution in [-0.2, 0) is 0 Å². The van der Waals surface area contributed by atoms with E-state index in [9.17, 15) is 0 Å². The van der Waals surface area contributed by atoms with E-state index in [2.05, 4.69) is 97.3 Å². The molecule has 27 heavy (non-hydrogen) atoms. The molecular weight excluding hydrogens is 326 g/mol. The van der Waals surface area contributed by atoms with Crippen LogP contribution >= 0.6 is 0 Å². The Bertz CT molecular complexity index is 1220. The van der Waals surface area contributed by atoms with Crippen molar-refractivity contribution >= 4 is 27.4 Å².